The van der Waals surface area contributed by atoms with Crippen LogP contribution in [0.25, 0.3) is 0 Å². The molecule has 3 nitrogen and oxygen atoms in total. The minimum atomic E-state index is -0.555. The SMILES string of the molecule is O=C1Cc2c(ccnc2F)N1. The zero-order valence-electron chi connectivity index (χ0n) is 5.60. The molecule has 1 aliphatic rings. The zero-order chi connectivity index (χ0) is 7.84. The summed E-state index contributed by atoms with van der Waals surface area (Å²) in [5.41, 5.74) is 0.917. The van der Waals surface area contributed by atoms with E-state index >= 15 is 0 Å². The molecule has 4 heteroatoms. The highest BCUT2D eigenvalue weighted by Gasteiger charge is 2.20. The first kappa shape index (κ1) is 6.27. The highest BCUT2D eigenvalue weighted by molar-refractivity contribution is 5.98. The molecule has 2 heterocycles. The molecule has 1 amide bonds. The van der Waals surface area contributed by atoms with Crippen molar-refractivity contribution in [3.05, 3.63) is 23.8 Å². The summed E-state index contributed by atoms with van der Waals surface area (Å²) in [6, 6.07) is 1.59. The quantitative estimate of drug-likeness (QED) is 0.556. The van der Waals surface area contributed by atoms with Crippen molar-refractivity contribution in [2.45, 2.75) is 6.42 Å². The van der Waals surface area contributed by atoms with E-state index in [0.29, 0.717) is 11.3 Å². The first-order chi connectivity index (χ1) is 5.27. The zero-order valence-corrected chi connectivity index (χ0v) is 5.60. The molecule has 56 valence electrons. The largest absolute Gasteiger partial charge is 0.325 e. The molecule has 1 aliphatic heterocycles. The number of rotatable bonds is 0. The molecule has 2 rings (SSSR count). The van der Waals surface area contributed by atoms with E-state index in [9.17, 15) is 9.18 Å². The molecular weight excluding hydrogens is 147 g/mol. The van der Waals surface area contributed by atoms with Gasteiger partial charge in [-0.05, 0) is 6.07 Å². The van der Waals surface area contributed by atoms with Gasteiger partial charge in [0.15, 0.2) is 0 Å². The number of nitrogens with one attached hydrogen (secondary N) is 1. The Morgan fingerprint density at radius 2 is 2.45 bits per heavy atom. The van der Waals surface area contributed by atoms with Gasteiger partial charge in [0.25, 0.3) is 0 Å². The van der Waals surface area contributed by atoms with Gasteiger partial charge in [0.1, 0.15) is 0 Å². The number of hydrogen-bond acceptors (Lipinski definition) is 2. The van der Waals surface area contributed by atoms with Crippen LogP contribution in [0.1, 0.15) is 5.56 Å². The van der Waals surface area contributed by atoms with Crippen LogP contribution in [0.3, 0.4) is 0 Å². The molecule has 0 aromatic carbocycles. The van der Waals surface area contributed by atoms with Crippen molar-refractivity contribution in [1.82, 2.24) is 4.98 Å². The van der Waals surface area contributed by atoms with Crippen LogP contribution in [-0.4, -0.2) is 10.9 Å². The lowest BCUT2D eigenvalue weighted by Crippen LogP contribution is -2.03. The van der Waals surface area contributed by atoms with Crippen LogP contribution in [0, 0.1) is 5.95 Å². The summed E-state index contributed by atoms with van der Waals surface area (Å²) in [4.78, 5) is 14.2. The minimum absolute atomic E-state index is 0.106. The standard InChI is InChI=1S/C7H5FN2O/c8-7-4-3-6(11)10-5(4)1-2-9-7/h1-2H,3H2,(H,10,11). The van der Waals surface area contributed by atoms with Crippen LogP contribution in [0.15, 0.2) is 12.3 Å². The molecule has 0 bridgehead atoms. The molecule has 11 heavy (non-hydrogen) atoms. The van der Waals surface area contributed by atoms with E-state index in [4.69, 9.17) is 0 Å². The maximum absolute atomic E-state index is 12.8. The van der Waals surface area contributed by atoms with Crippen molar-refractivity contribution in [2.24, 2.45) is 0 Å². The van der Waals surface area contributed by atoms with Crippen LogP contribution in [0.2, 0.25) is 0 Å². The van der Waals surface area contributed by atoms with E-state index < -0.39 is 5.95 Å². The Balaban J connectivity index is 2.57. The number of aromatic nitrogens is 1. The van der Waals surface area contributed by atoms with Crippen molar-refractivity contribution in [3.8, 4) is 0 Å². The number of pyridine rings is 1. The molecule has 0 aliphatic carbocycles. The Hall–Kier alpha value is -1.45. The number of carbonyl (C=O) groups is 1. The topological polar surface area (TPSA) is 42.0 Å². The third-order valence-electron chi connectivity index (χ3n) is 1.61. The molecular formula is C7H5FN2O. The Kier molecular flexibility index (Phi) is 1.15. The van der Waals surface area contributed by atoms with Crippen LogP contribution >= 0.6 is 0 Å². The molecule has 1 N–H and O–H groups in total. The van der Waals surface area contributed by atoms with Crippen LogP contribution in [-0.2, 0) is 11.2 Å². The van der Waals surface area contributed by atoms with Crippen molar-refractivity contribution >= 4 is 11.6 Å². The summed E-state index contributed by atoms with van der Waals surface area (Å²) in [6.07, 6.45) is 1.44. The smallest absolute Gasteiger partial charge is 0.229 e. The summed E-state index contributed by atoms with van der Waals surface area (Å²) in [6.45, 7) is 0. The number of halogens is 1. The lowest BCUT2D eigenvalue weighted by Gasteiger charge is -1.95. The Morgan fingerprint density at radius 3 is 3.18 bits per heavy atom. The van der Waals surface area contributed by atoms with Crippen LogP contribution in [0.5, 0.6) is 0 Å². The molecule has 0 fully saturated rings. The van der Waals surface area contributed by atoms with Gasteiger partial charge in [-0.1, -0.05) is 0 Å². The molecule has 0 unspecified atom stereocenters. The molecule has 0 saturated carbocycles. The van der Waals surface area contributed by atoms with Gasteiger partial charge < -0.3 is 5.32 Å². The Labute approximate surface area is 62.3 Å². The summed E-state index contributed by atoms with van der Waals surface area (Å²) < 4.78 is 12.8. The molecule has 0 radical (unpaired) electrons. The monoisotopic (exact) mass is 152 g/mol. The molecule has 0 saturated heterocycles. The van der Waals surface area contributed by atoms with E-state index in [1.807, 2.05) is 0 Å². The predicted octanol–water partition coefficient (Wildman–Crippen LogP) is 0.715. The van der Waals surface area contributed by atoms with E-state index in [1.165, 1.54) is 6.20 Å². The maximum atomic E-state index is 12.8. The molecule has 1 aromatic rings. The highest BCUT2D eigenvalue weighted by atomic mass is 19.1. The number of hydrogen-bond donors (Lipinski definition) is 1. The first-order valence-corrected chi connectivity index (χ1v) is 3.20. The maximum Gasteiger partial charge on any atom is 0.229 e. The minimum Gasteiger partial charge on any atom is -0.325 e. The van der Waals surface area contributed by atoms with E-state index in [-0.39, 0.29) is 12.3 Å². The highest BCUT2D eigenvalue weighted by Crippen LogP contribution is 2.22. The average molecular weight is 152 g/mol. The average Bonchev–Trinajstić information content (AvgIpc) is 2.31. The lowest BCUT2D eigenvalue weighted by molar-refractivity contribution is -0.115. The van der Waals surface area contributed by atoms with Gasteiger partial charge in [0.2, 0.25) is 11.9 Å². The van der Waals surface area contributed by atoms with Gasteiger partial charge in [0, 0.05) is 11.8 Å². The number of fused-ring (bicyclic) bond motifs is 1. The number of nitrogens with zero attached hydrogens (tertiary/aromatic N) is 1. The molecule has 0 atom stereocenters. The normalized spacial score (nSPS) is 14.5. The fourth-order valence-electron chi connectivity index (χ4n) is 1.11. The van der Waals surface area contributed by atoms with Gasteiger partial charge in [-0.15, -0.1) is 0 Å². The summed E-state index contributed by atoms with van der Waals surface area (Å²) in [5, 5.41) is 2.52. The Morgan fingerprint density at radius 1 is 1.64 bits per heavy atom. The number of anilines is 1. The van der Waals surface area contributed by atoms with E-state index in [0.717, 1.165) is 0 Å². The fourth-order valence-corrected chi connectivity index (χ4v) is 1.11. The van der Waals surface area contributed by atoms with E-state index in [1.54, 1.807) is 6.07 Å². The number of carbonyl (C=O) groups excluding carboxylic acids is 1. The van der Waals surface area contributed by atoms with Crippen molar-refractivity contribution in [1.29, 1.82) is 0 Å². The summed E-state index contributed by atoms with van der Waals surface area (Å²) in [7, 11) is 0. The van der Waals surface area contributed by atoms with Gasteiger partial charge in [0.05, 0.1) is 12.1 Å². The van der Waals surface area contributed by atoms with Gasteiger partial charge in [-0.3, -0.25) is 4.79 Å². The van der Waals surface area contributed by atoms with Crippen molar-refractivity contribution in [2.75, 3.05) is 5.32 Å². The molecule has 1 aromatic heterocycles. The number of amides is 1. The lowest BCUT2D eigenvalue weighted by atomic mass is 10.2. The summed E-state index contributed by atoms with van der Waals surface area (Å²) >= 11 is 0. The third-order valence-corrected chi connectivity index (χ3v) is 1.61. The second kappa shape index (κ2) is 2.02. The predicted molar refractivity (Wildman–Crippen MR) is 36.5 cm³/mol. The van der Waals surface area contributed by atoms with Gasteiger partial charge >= 0.3 is 0 Å². The second-order valence-corrected chi connectivity index (χ2v) is 2.35. The third kappa shape index (κ3) is 0.869. The molecule has 0 spiro atoms. The fraction of sp³-hybridized carbons (Fsp3) is 0.143. The van der Waals surface area contributed by atoms with Crippen LogP contribution < -0.4 is 5.32 Å². The Bertz CT molecular complexity index is 324. The second-order valence-electron chi connectivity index (χ2n) is 2.35. The van der Waals surface area contributed by atoms with Crippen LogP contribution in [0.4, 0.5) is 10.1 Å². The van der Waals surface area contributed by atoms with Gasteiger partial charge in [-0.2, -0.15) is 4.39 Å². The summed E-state index contributed by atoms with van der Waals surface area (Å²) in [5.74, 6) is -0.729. The van der Waals surface area contributed by atoms with Gasteiger partial charge in [-0.25, -0.2) is 4.98 Å². The van der Waals surface area contributed by atoms with Crippen molar-refractivity contribution in [3.63, 3.8) is 0 Å². The first-order valence-electron chi connectivity index (χ1n) is 3.20. The van der Waals surface area contributed by atoms with E-state index in [2.05, 4.69) is 10.3 Å². The van der Waals surface area contributed by atoms with Crippen molar-refractivity contribution < 1.29 is 9.18 Å².